The molecule has 8 nitrogen and oxygen atoms in total. The molecule has 1 unspecified atom stereocenters. The fourth-order valence-corrected chi connectivity index (χ4v) is 5.60. The van der Waals surface area contributed by atoms with Crippen molar-refractivity contribution in [1.82, 2.24) is 0 Å². The third-order valence-electron chi connectivity index (χ3n) is 8.60. The number of aliphatic hydroxyl groups is 1. The number of allylic oxidation sites excluding steroid dienone is 1. The molecule has 0 saturated carbocycles. The van der Waals surface area contributed by atoms with Crippen LogP contribution in [0.3, 0.4) is 0 Å². The molecular weight excluding hydrogens is 668 g/mol. The van der Waals surface area contributed by atoms with Crippen LogP contribution in [-0.2, 0) is 11.4 Å². The molecule has 0 fully saturated rings. The van der Waals surface area contributed by atoms with Crippen LogP contribution in [0, 0.1) is 28.7 Å². The van der Waals surface area contributed by atoms with E-state index < -0.39 is 46.5 Å². The van der Waals surface area contributed by atoms with E-state index in [0.717, 1.165) is 31.1 Å². The summed E-state index contributed by atoms with van der Waals surface area (Å²) in [5.41, 5.74) is 1.08. The van der Waals surface area contributed by atoms with Gasteiger partial charge in [-0.15, -0.1) is 0 Å². The van der Waals surface area contributed by atoms with Crippen molar-refractivity contribution in [2.45, 2.75) is 53.2 Å². The van der Waals surface area contributed by atoms with Crippen molar-refractivity contribution in [3.8, 4) is 17.2 Å². The number of ether oxygens (including phenoxy) is 2. The molecule has 0 aliphatic carbocycles. The molecule has 1 aliphatic heterocycles. The number of carbonyl (C=O) groups is 2. The first-order valence-corrected chi connectivity index (χ1v) is 15.9. The minimum Gasteiger partial charge on any atom is -0.506 e. The summed E-state index contributed by atoms with van der Waals surface area (Å²) < 4.78 is 71.7. The number of phenolic OH excluding ortho intramolecular Hbond substituents is 1. The van der Waals surface area contributed by atoms with Crippen LogP contribution in [-0.4, -0.2) is 37.1 Å². The first kappa shape index (κ1) is 40.1. The molecule has 0 saturated heterocycles. The normalized spacial score (nSPS) is 13.8. The first-order chi connectivity index (χ1) is 24.4. The SMILES string of the molecule is C=O.CCC(C)(C)CC1=C(C)C(c2ccc(OCc3ccccc3)cc2F)N(C(=O)c2cc(F)c(F)c(OC)c2F)c2cccc(O)c2N1.CO. The number of methoxy groups -OCH3 is 1. The van der Waals surface area contributed by atoms with Crippen LogP contribution >= 0.6 is 0 Å². The lowest BCUT2D eigenvalue weighted by Crippen LogP contribution is -2.37. The largest absolute Gasteiger partial charge is 0.506 e. The lowest BCUT2D eigenvalue weighted by Gasteiger charge is -2.33. The molecule has 0 aromatic heterocycles. The fraction of sp³-hybridized carbons (Fsp3) is 0.282. The van der Waals surface area contributed by atoms with Gasteiger partial charge in [-0.25, -0.2) is 13.2 Å². The van der Waals surface area contributed by atoms with Crippen LogP contribution < -0.4 is 19.7 Å². The van der Waals surface area contributed by atoms with Gasteiger partial charge in [0.2, 0.25) is 5.82 Å². The molecule has 5 rings (SSSR count). The van der Waals surface area contributed by atoms with Crippen LogP contribution in [0.5, 0.6) is 17.2 Å². The monoisotopic (exact) mass is 710 g/mol. The zero-order chi connectivity index (χ0) is 38.0. The summed E-state index contributed by atoms with van der Waals surface area (Å²) in [6.07, 6.45) is 1.21. The van der Waals surface area contributed by atoms with Crippen LogP contribution in [0.2, 0.25) is 0 Å². The number of anilines is 2. The van der Waals surface area contributed by atoms with Crippen molar-refractivity contribution >= 4 is 24.1 Å². The number of carbonyl (C=O) groups excluding carboxylic acids is 2. The second-order valence-corrected chi connectivity index (χ2v) is 12.3. The van der Waals surface area contributed by atoms with E-state index in [2.05, 4.69) is 5.32 Å². The number of para-hydroxylation sites is 1. The molecule has 0 radical (unpaired) electrons. The zero-order valence-corrected chi connectivity index (χ0v) is 29.3. The number of benzene rings is 4. The lowest BCUT2D eigenvalue weighted by atomic mass is 9.83. The molecule has 1 amide bonds. The van der Waals surface area contributed by atoms with Crippen molar-refractivity contribution in [2.75, 3.05) is 24.4 Å². The number of rotatable bonds is 9. The number of amides is 1. The Kier molecular flexibility index (Phi) is 13.8. The van der Waals surface area contributed by atoms with E-state index in [-0.39, 0.29) is 40.5 Å². The van der Waals surface area contributed by atoms with Crippen LogP contribution in [0.25, 0.3) is 0 Å². The van der Waals surface area contributed by atoms with Crippen LogP contribution in [0.4, 0.5) is 28.9 Å². The van der Waals surface area contributed by atoms with Crippen molar-refractivity contribution in [1.29, 1.82) is 0 Å². The lowest BCUT2D eigenvalue weighted by molar-refractivity contribution is -0.0980. The second kappa shape index (κ2) is 17.5. The molecule has 4 aromatic rings. The molecule has 0 bridgehead atoms. The Labute approximate surface area is 295 Å². The van der Waals surface area contributed by atoms with Gasteiger partial charge in [0.15, 0.2) is 17.4 Å². The average Bonchev–Trinajstić information content (AvgIpc) is 3.25. The van der Waals surface area contributed by atoms with E-state index >= 15 is 8.78 Å². The topological polar surface area (TPSA) is 108 Å². The molecule has 12 heteroatoms. The summed E-state index contributed by atoms with van der Waals surface area (Å²) in [4.78, 5) is 23.5. The molecular formula is C39H42F4N2O6. The molecule has 0 spiro atoms. The highest BCUT2D eigenvalue weighted by Crippen LogP contribution is 2.48. The maximum absolute atomic E-state index is 16.3. The summed E-state index contributed by atoms with van der Waals surface area (Å²) in [7, 11) is 1.95. The zero-order valence-electron chi connectivity index (χ0n) is 29.3. The quantitative estimate of drug-likeness (QED) is 0.0905. The van der Waals surface area contributed by atoms with Gasteiger partial charge in [0.1, 0.15) is 36.4 Å². The van der Waals surface area contributed by atoms with E-state index in [4.69, 9.17) is 19.4 Å². The van der Waals surface area contributed by atoms with Gasteiger partial charge in [0.05, 0.1) is 24.4 Å². The van der Waals surface area contributed by atoms with E-state index in [1.807, 2.05) is 57.9 Å². The Morgan fingerprint density at radius 3 is 2.22 bits per heavy atom. The van der Waals surface area contributed by atoms with Gasteiger partial charge in [0, 0.05) is 24.4 Å². The highest BCUT2D eigenvalue weighted by molar-refractivity contribution is 6.10. The number of aromatic hydroxyl groups is 1. The Balaban J connectivity index is 0.00000169. The van der Waals surface area contributed by atoms with E-state index in [9.17, 15) is 18.7 Å². The van der Waals surface area contributed by atoms with Crippen LogP contribution in [0.1, 0.15) is 68.1 Å². The Bertz CT molecular complexity index is 1870. The Morgan fingerprint density at radius 2 is 1.61 bits per heavy atom. The summed E-state index contributed by atoms with van der Waals surface area (Å²) in [5, 5.41) is 21.3. The van der Waals surface area contributed by atoms with Crippen molar-refractivity contribution in [2.24, 2.45) is 5.41 Å². The fourth-order valence-electron chi connectivity index (χ4n) is 5.60. The number of phenols is 1. The highest BCUT2D eigenvalue weighted by Gasteiger charge is 2.39. The third-order valence-corrected chi connectivity index (χ3v) is 8.60. The standard InChI is InChI=1S/C37H36F4N2O4.CH4O.CH2O/c1-6-37(3,4)19-28-21(2)34(24-16-15-23(17-26(24)38)47-20-22-11-8-7-9-12-22)43(29-13-10-14-30(44)33(29)42-28)36(45)25-18-27(39)32(41)35(46-5)31(25)40;2*1-2/h7-18,34,42,44H,6,19-20H2,1-5H3;2H,1H3;1H2. The van der Waals surface area contributed by atoms with Gasteiger partial charge in [-0.3, -0.25) is 9.69 Å². The van der Waals surface area contributed by atoms with Gasteiger partial charge < -0.3 is 29.8 Å². The third kappa shape index (κ3) is 8.69. The predicted molar refractivity (Wildman–Crippen MR) is 188 cm³/mol. The number of fused-ring (bicyclic) bond motifs is 1. The maximum Gasteiger partial charge on any atom is 0.262 e. The van der Waals surface area contributed by atoms with Gasteiger partial charge in [0.25, 0.3) is 5.91 Å². The van der Waals surface area contributed by atoms with Crippen molar-refractivity contribution in [3.63, 3.8) is 0 Å². The highest BCUT2D eigenvalue weighted by atomic mass is 19.2. The van der Waals surface area contributed by atoms with Crippen molar-refractivity contribution < 1.29 is 46.8 Å². The number of aliphatic hydroxyl groups excluding tert-OH is 1. The molecule has 3 N–H and O–H groups in total. The minimum absolute atomic E-state index is 0.0302. The van der Waals surface area contributed by atoms with Crippen LogP contribution in [0.15, 0.2) is 84.1 Å². The van der Waals surface area contributed by atoms with E-state index in [1.54, 1.807) is 13.0 Å². The molecule has 1 heterocycles. The number of hydrogen-bond acceptors (Lipinski definition) is 7. The van der Waals surface area contributed by atoms with Crippen molar-refractivity contribution in [3.05, 3.63) is 124 Å². The molecule has 1 aliphatic rings. The summed E-state index contributed by atoms with van der Waals surface area (Å²) >= 11 is 0. The van der Waals surface area contributed by atoms with E-state index in [1.165, 1.54) is 30.3 Å². The number of hydrogen-bond donors (Lipinski definition) is 3. The summed E-state index contributed by atoms with van der Waals surface area (Å²) in [5.74, 6) is -7.42. The molecule has 272 valence electrons. The Hall–Kier alpha value is -5.36. The second-order valence-electron chi connectivity index (χ2n) is 12.3. The number of nitrogens with zero attached hydrogens (tertiary/aromatic N) is 1. The van der Waals surface area contributed by atoms with Gasteiger partial charge in [-0.2, -0.15) is 4.39 Å². The first-order valence-electron chi connectivity index (χ1n) is 15.9. The number of nitrogens with one attached hydrogen (secondary N) is 1. The Morgan fingerprint density at radius 1 is 0.941 bits per heavy atom. The minimum atomic E-state index is -1.59. The van der Waals surface area contributed by atoms with Gasteiger partial charge in [-0.05, 0) is 60.2 Å². The predicted octanol–water partition coefficient (Wildman–Crippen LogP) is 8.87. The molecule has 51 heavy (non-hydrogen) atoms. The van der Waals surface area contributed by atoms with E-state index in [0.29, 0.717) is 23.8 Å². The van der Waals surface area contributed by atoms with Gasteiger partial charge >= 0.3 is 0 Å². The molecule has 1 atom stereocenters. The number of halogens is 4. The maximum atomic E-state index is 16.3. The average molecular weight is 711 g/mol. The summed E-state index contributed by atoms with van der Waals surface area (Å²) in [6.45, 7) is 10.0. The summed E-state index contributed by atoms with van der Waals surface area (Å²) in [6, 6.07) is 17.2. The van der Waals surface area contributed by atoms with Gasteiger partial charge in [-0.1, -0.05) is 63.6 Å². The smallest absolute Gasteiger partial charge is 0.262 e. The molecule has 4 aromatic carbocycles.